The smallest absolute Gasteiger partial charge is 0.253 e. The largest absolute Gasteiger partial charge is 0.338 e. The van der Waals surface area contributed by atoms with E-state index in [0.717, 1.165) is 31.7 Å². The minimum Gasteiger partial charge on any atom is -0.338 e. The van der Waals surface area contributed by atoms with Crippen LogP contribution in [-0.2, 0) is 0 Å². The first kappa shape index (κ1) is 14.4. The summed E-state index contributed by atoms with van der Waals surface area (Å²) >= 11 is 0. The van der Waals surface area contributed by atoms with E-state index < -0.39 is 0 Å². The lowest BCUT2D eigenvalue weighted by Crippen LogP contribution is -2.39. The second-order valence-electron chi connectivity index (χ2n) is 5.59. The summed E-state index contributed by atoms with van der Waals surface area (Å²) in [6, 6.07) is 9.65. The zero-order chi connectivity index (χ0) is 12.4. The second kappa shape index (κ2) is 5.93. The van der Waals surface area contributed by atoms with Crippen LogP contribution < -0.4 is 5.32 Å². The van der Waals surface area contributed by atoms with Crippen molar-refractivity contribution in [3.63, 3.8) is 0 Å². The molecule has 0 radical (unpaired) electrons. The van der Waals surface area contributed by atoms with Crippen LogP contribution in [0.15, 0.2) is 30.3 Å². The fraction of sp³-hybridized carbons (Fsp3) is 0.533. The van der Waals surface area contributed by atoms with E-state index in [1.165, 1.54) is 19.3 Å². The Hall–Kier alpha value is -1.06. The molecule has 3 rings (SSSR count). The van der Waals surface area contributed by atoms with E-state index >= 15 is 0 Å². The number of rotatable bonds is 1. The first-order chi connectivity index (χ1) is 8.79. The molecule has 0 aliphatic carbocycles. The summed E-state index contributed by atoms with van der Waals surface area (Å²) < 4.78 is 0. The van der Waals surface area contributed by atoms with Gasteiger partial charge in [0.25, 0.3) is 5.91 Å². The van der Waals surface area contributed by atoms with Crippen LogP contribution in [0.4, 0.5) is 0 Å². The highest BCUT2D eigenvalue weighted by molar-refractivity contribution is 5.94. The molecule has 0 saturated carbocycles. The molecule has 2 heterocycles. The molecule has 1 N–H and O–H groups in total. The van der Waals surface area contributed by atoms with Crippen LogP contribution in [0.25, 0.3) is 0 Å². The number of carbonyl (C=O) groups excluding carboxylic acids is 1. The van der Waals surface area contributed by atoms with Gasteiger partial charge in [0.15, 0.2) is 0 Å². The maximum Gasteiger partial charge on any atom is 0.253 e. The molecule has 2 aliphatic rings. The zero-order valence-electron chi connectivity index (χ0n) is 11.1. The number of piperidine rings is 1. The van der Waals surface area contributed by atoms with Crippen LogP contribution in [0.3, 0.4) is 0 Å². The van der Waals surface area contributed by atoms with Gasteiger partial charge in [-0.3, -0.25) is 4.79 Å². The number of hydrogen-bond donors (Lipinski definition) is 1. The van der Waals surface area contributed by atoms with Crippen LogP contribution in [0, 0.1) is 5.41 Å². The van der Waals surface area contributed by atoms with Crippen molar-refractivity contribution in [1.29, 1.82) is 0 Å². The Balaban J connectivity index is 0.00000133. The van der Waals surface area contributed by atoms with Gasteiger partial charge < -0.3 is 10.2 Å². The summed E-state index contributed by atoms with van der Waals surface area (Å²) in [5.74, 6) is 0.200. The van der Waals surface area contributed by atoms with E-state index in [9.17, 15) is 4.79 Å². The SMILES string of the molecule is Cl.O=C(c1ccccc1)N1CCC2(CCNCC2)C1. The summed E-state index contributed by atoms with van der Waals surface area (Å²) in [7, 11) is 0. The predicted octanol–water partition coefficient (Wildman–Crippen LogP) is 2.32. The maximum atomic E-state index is 12.4. The van der Waals surface area contributed by atoms with E-state index in [1.807, 2.05) is 35.2 Å². The standard InChI is InChI=1S/C15H20N2O.ClH/c18-14(13-4-2-1-3-5-13)17-11-8-15(12-17)6-9-16-10-7-15;/h1-5,16H,6-12H2;1H. The minimum atomic E-state index is 0. The molecule has 1 amide bonds. The Morgan fingerprint density at radius 2 is 1.79 bits per heavy atom. The van der Waals surface area contributed by atoms with Gasteiger partial charge >= 0.3 is 0 Å². The Labute approximate surface area is 120 Å². The first-order valence-corrected chi connectivity index (χ1v) is 6.84. The van der Waals surface area contributed by atoms with Crippen molar-refractivity contribution in [2.24, 2.45) is 5.41 Å². The lowest BCUT2D eigenvalue weighted by atomic mass is 9.78. The molecule has 0 atom stereocenters. The Morgan fingerprint density at radius 3 is 2.47 bits per heavy atom. The lowest BCUT2D eigenvalue weighted by molar-refractivity contribution is 0.0762. The molecule has 3 nitrogen and oxygen atoms in total. The van der Waals surface area contributed by atoms with Crippen molar-refractivity contribution in [2.75, 3.05) is 26.2 Å². The summed E-state index contributed by atoms with van der Waals surface area (Å²) in [5, 5.41) is 3.41. The van der Waals surface area contributed by atoms with Crippen molar-refractivity contribution < 1.29 is 4.79 Å². The molecule has 2 fully saturated rings. The first-order valence-electron chi connectivity index (χ1n) is 6.84. The zero-order valence-corrected chi connectivity index (χ0v) is 11.9. The molecule has 1 aromatic rings. The predicted molar refractivity (Wildman–Crippen MR) is 78.7 cm³/mol. The van der Waals surface area contributed by atoms with Gasteiger partial charge in [-0.1, -0.05) is 18.2 Å². The van der Waals surface area contributed by atoms with E-state index in [-0.39, 0.29) is 18.3 Å². The average molecular weight is 281 g/mol. The number of likely N-dealkylation sites (tertiary alicyclic amines) is 1. The van der Waals surface area contributed by atoms with Crippen molar-refractivity contribution in [1.82, 2.24) is 10.2 Å². The number of carbonyl (C=O) groups is 1. The van der Waals surface area contributed by atoms with E-state index in [1.54, 1.807) is 0 Å². The van der Waals surface area contributed by atoms with Crippen LogP contribution in [0.5, 0.6) is 0 Å². The molecule has 1 spiro atoms. The van der Waals surface area contributed by atoms with Crippen molar-refractivity contribution >= 4 is 18.3 Å². The molecule has 4 heteroatoms. The summed E-state index contributed by atoms with van der Waals surface area (Å²) in [6.07, 6.45) is 3.60. The fourth-order valence-corrected chi connectivity index (χ4v) is 3.24. The van der Waals surface area contributed by atoms with Crippen LogP contribution in [-0.4, -0.2) is 37.0 Å². The number of halogens is 1. The number of hydrogen-bond acceptors (Lipinski definition) is 2. The molecule has 104 valence electrons. The average Bonchev–Trinajstić information content (AvgIpc) is 2.83. The molecule has 0 unspecified atom stereocenters. The highest BCUT2D eigenvalue weighted by Gasteiger charge is 2.40. The Bertz CT molecular complexity index is 429. The molecule has 0 bridgehead atoms. The van der Waals surface area contributed by atoms with E-state index in [4.69, 9.17) is 0 Å². The summed E-state index contributed by atoms with van der Waals surface area (Å²) in [4.78, 5) is 14.4. The summed E-state index contributed by atoms with van der Waals surface area (Å²) in [6.45, 7) is 4.08. The third-order valence-electron chi connectivity index (χ3n) is 4.41. The monoisotopic (exact) mass is 280 g/mol. The molecule has 2 saturated heterocycles. The highest BCUT2D eigenvalue weighted by atomic mass is 35.5. The van der Waals surface area contributed by atoms with Crippen LogP contribution >= 0.6 is 12.4 Å². The number of benzene rings is 1. The van der Waals surface area contributed by atoms with Crippen molar-refractivity contribution in [3.05, 3.63) is 35.9 Å². The van der Waals surface area contributed by atoms with Gasteiger partial charge in [0.05, 0.1) is 0 Å². The third kappa shape index (κ3) is 2.93. The van der Waals surface area contributed by atoms with Gasteiger partial charge in [-0.25, -0.2) is 0 Å². The Kier molecular flexibility index (Phi) is 4.48. The van der Waals surface area contributed by atoms with E-state index in [2.05, 4.69) is 5.32 Å². The van der Waals surface area contributed by atoms with Crippen LogP contribution in [0.1, 0.15) is 29.6 Å². The third-order valence-corrected chi connectivity index (χ3v) is 4.41. The summed E-state index contributed by atoms with van der Waals surface area (Å²) in [5.41, 5.74) is 1.22. The fourth-order valence-electron chi connectivity index (χ4n) is 3.24. The van der Waals surface area contributed by atoms with Gasteiger partial charge in [-0.05, 0) is 49.9 Å². The number of nitrogens with zero attached hydrogens (tertiary/aromatic N) is 1. The molecular formula is C15H21ClN2O. The normalized spacial score (nSPS) is 21.2. The topological polar surface area (TPSA) is 32.3 Å². The molecule has 1 aromatic carbocycles. The highest BCUT2D eigenvalue weighted by Crippen LogP contribution is 2.38. The molecular weight excluding hydrogens is 260 g/mol. The lowest BCUT2D eigenvalue weighted by Gasteiger charge is -2.33. The van der Waals surface area contributed by atoms with E-state index in [0.29, 0.717) is 5.41 Å². The van der Waals surface area contributed by atoms with Gasteiger partial charge in [-0.15, -0.1) is 12.4 Å². The second-order valence-corrected chi connectivity index (χ2v) is 5.59. The van der Waals surface area contributed by atoms with Crippen molar-refractivity contribution in [3.8, 4) is 0 Å². The molecule has 2 aliphatic heterocycles. The van der Waals surface area contributed by atoms with Crippen LogP contribution in [0.2, 0.25) is 0 Å². The molecule has 19 heavy (non-hydrogen) atoms. The van der Waals surface area contributed by atoms with Crippen molar-refractivity contribution in [2.45, 2.75) is 19.3 Å². The molecule has 0 aromatic heterocycles. The Morgan fingerprint density at radius 1 is 1.11 bits per heavy atom. The van der Waals surface area contributed by atoms with Gasteiger partial charge in [0.1, 0.15) is 0 Å². The number of nitrogens with one attached hydrogen (secondary N) is 1. The van der Waals surface area contributed by atoms with Gasteiger partial charge in [-0.2, -0.15) is 0 Å². The van der Waals surface area contributed by atoms with Gasteiger partial charge in [0, 0.05) is 18.7 Å². The number of amides is 1. The maximum absolute atomic E-state index is 12.4. The van der Waals surface area contributed by atoms with Gasteiger partial charge in [0.2, 0.25) is 0 Å². The quantitative estimate of drug-likeness (QED) is 0.856. The minimum absolute atomic E-state index is 0.